The Morgan fingerprint density at radius 3 is 3.04 bits per heavy atom. The third-order valence-electron chi connectivity index (χ3n) is 3.94. The van der Waals surface area contributed by atoms with Crippen molar-refractivity contribution in [2.24, 2.45) is 0 Å². The van der Waals surface area contributed by atoms with Crippen LogP contribution in [0.2, 0.25) is 0 Å². The fourth-order valence-corrected chi connectivity index (χ4v) is 4.17. The summed E-state index contributed by atoms with van der Waals surface area (Å²) in [7, 11) is 0. The summed E-state index contributed by atoms with van der Waals surface area (Å²) in [5, 5.41) is 11.1. The third kappa shape index (κ3) is 3.97. The lowest BCUT2D eigenvalue weighted by molar-refractivity contribution is -0.134. The van der Waals surface area contributed by atoms with Crippen molar-refractivity contribution in [1.82, 2.24) is 4.90 Å². The summed E-state index contributed by atoms with van der Waals surface area (Å²) in [5.41, 5.74) is 1.69. The maximum absolute atomic E-state index is 12.5. The summed E-state index contributed by atoms with van der Waals surface area (Å²) in [5.74, 6) is 0.845. The van der Waals surface area contributed by atoms with E-state index in [1.165, 1.54) is 10.4 Å². The van der Waals surface area contributed by atoms with Gasteiger partial charge < -0.3 is 14.4 Å². The molecule has 0 saturated heterocycles. The minimum Gasteiger partial charge on any atom is -0.490 e. The molecule has 3 rings (SSSR count). The number of hydrogen-bond acceptors (Lipinski definition) is 5. The molecule has 1 amide bonds. The predicted octanol–water partition coefficient (Wildman–Crippen LogP) is 3.74. The Labute approximate surface area is 158 Å². The number of carbonyl (C=O) groups is 1. The first kappa shape index (κ1) is 17.8. The van der Waals surface area contributed by atoms with Crippen molar-refractivity contribution >= 4 is 33.2 Å². The van der Waals surface area contributed by atoms with Gasteiger partial charge in [-0.1, -0.05) is 0 Å². The van der Waals surface area contributed by atoms with Gasteiger partial charge in [-0.15, -0.1) is 11.3 Å². The summed E-state index contributed by atoms with van der Waals surface area (Å²) >= 11 is 5.14. The summed E-state index contributed by atoms with van der Waals surface area (Å²) in [6.07, 6.45) is 0.892. The van der Waals surface area contributed by atoms with E-state index in [0.29, 0.717) is 41.2 Å². The summed E-state index contributed by atoms with van der Waals surface area (Å²) in [6, 6.07) is 7.42. The zero-order valence-corrected chi connectivity index (χ0v) is 16.2. The van der Waals surface area contributed by atoms with E-state index < -0.39 is 0 Å². The van der Waals surface area contributed by atoms with Gasteiger partial charge in [-0.25, -0.2) is 0 Å². The SMILES string of the molecule is CCOc1cc(C#N)cc(Br)c1OCC(=O)N1CCc2sccc2C1. The van der Waals surface area contributed by atoms with Crippen LogP contribution >= 0.6 is 27.3 Å². The molecule has 0 unspecified atom stereocenters. The highest BCUT2D eigenvalue weighted by Crippen LogP contribution is 2.37. The smallest absolute Gasteiger partial charge is 0.260 e. The Hall–Kier alpha value is -2.04. The minimum absolute atomic E-state index is 0.0597. The minimum atomic E-state index is -0.0654. The van der Waals surface area contributed by atoms with Crippen LogP contribution in [-0.2, 0) is 17.8 Å². The number of ether oxygens (including phenoxy) is 2. The van der Waals surface area contributed by atoms with Gasteiger partial charge >= 0.3 is 0 Å². The lowest BCUT2D eigenvalue weighted by atomic mass is 10.1. The van der Waals surface area contributed by atoms with E-state index in [4.69, 9.17) is 14.7 Å². The first-order valence-electron chi connectivity index (χ1n) is 7.94. The zero-order chi connectivity index (χ0) is 17.8. The van der Waals surface area contributed by atoms with Crippen molar-refractivity contribution in [1.29, 1.82) is 5.26 Å². The van der Waals surface area contributed by atoms with Crippen LogP contribution in [0.15, 0.2) is 28.1 Å². The molecule has 0 bridgehead atoms. The number of carbonyl (C=O) groups excluding carboxylic acids is 1. The molecule has 7 heteroatoms. The number of amides is 1. The Morgan fingerprint density at radius 2 is 2.28 bits per heavy atom. The second-order valence-electron chi connectivity index (χ2n) is 5.55. The van der Waals surface area contributed by atoms with Crippen LogP contribution in [0.4, 0.5) is 0 Å². The molecule has 0 spiro atoms. The Balaban J connectivity index is 1.69. The van der Waals surface area contributed by atoms with E-state index in [1.54, 1.807) is 23.5 Å². The van der Waals surface area contributed by atoms with Gasteiger partial charge in [0.15, 0.2) is 18.1 Å². The van der Waals surface area contributed by atoms with Crippen molar-refractivity contribution in [2.75, 3.05) is 19.8 Å². The molecule has 0 radical (unpaired) electrons. The van der Waals surface area contributed by atoms with E-state index in [0.717, 1.165) is 6.42 Å². The molecule has 1 aromatic carbocycles. The number of benzene rings is 1. The number of nitriles is 1. The standard InChI is InChI=1S/C18H17BrN2O3S/c1-2-23-15-8-12(9-20)7-14(19)18(15)24-11-17(22)21-5-3-16-13(10-21)4-6-25-16/h4,6-8H,2-3,5,10-11H2,1H3. The average molecular weight is 421 g/mol. The summed E-state index contributed by atoms with van der Waals surface area (Å²) < 4.78 is 11.9. The Kier molecular flexibility index (Phi) is 5.61. The van der Waals surface area contributed by atoms with Crippen LogP contribution in [0, 0.1) is 11.3 Å². The lowest BCUT2D eigenvalue weighted by Crippen LogP contribution is -2.38. The number of thiophene rings is 1. The molecule has 0 N–H and O–H groups in total. The van der Waals surface area contributed by atoms with Crippen LogP contribution in [0.25, 0.3) is 0 Å². The summed E-state index contributed by atoms with van der Waals surface area (Å²) in [6.45, 7) is 3.58. The van der Waals surface area contributed by atoms with Gasteiger partial charge in [0.05, 0.1) is 22.7 Å². The van der Waals surface area contributed by atoms with E-state index in [2.05, 4.69) is 33.4 Å². The van der Waals surface area contributed by atoms with Crippen molar-refractivity contribution < 1.29 is 14.3 Å². The number of fused-ring (bicyclic) bond motifs is 1. The van der Waals surface area contributed by atoms with Crippen molar-refractivity contribution in [3.05, 3.63) is 44.1 Å². The molecule has 0 saturated carbocycles. The van der Waals surface area contributed by atoms with Gasteiger partial charge in [0.1, 0.15) is 0 Å². The van der Waals surface area contributed by atoms with E-state index in [1.807, 2.05) is 11.8 Å². The molecule has 1 aliphatic rings. The van der Waals surface area contributed by atoms with E-state index in [9.17, 15) is 4.79 Å². The van der Waals surface area contributed by atoms with Gasteiger partial charge in [-0.3, -0.25) is 4.79 Å². The van der Waals surface area contributed by atoms with Gasteiger partial charge in [0, 0.05) is 24.0 Å². The lowest BCUT2D eigenvalue weighted by Gasteiger charge is -2.27. The number of halogens is 1. The van der Waals surface area contributed by atoms with Crippen LogP contribution in [0.1, 0.15) is 22.9 Å². The molecule has 25 heavy (non-hydrogen) atoms. The highest BCUT2D eigenvalue weighted by molar-refractivity contribution is 9.10. The van der Waals surface area contributed by atoms with Gasteiger partial charge in [-0.05, 0) is 52.4 Å². The average Bonchev–Trinajstić information content (AvgIpc) is 3.08. The largest absolute Gasteiger partial charge is 0.490 e. The van der Waals surface area contributed by atoms with Gasteiger partial charge in [-0.2, -0.15) is 5.26 Å². The molecule has 0 fully saturated rings. The van der Waals surface area contributed by atoms with Gasteiger partial charge in [0.25, 0.3) is 5.91 Å². The predicted molar refractivity (Wildman–Crippen MR) is 99.0 cm³/mol. The number of nitrogens with zero attached hydrogens (tertiary/aromatic N) is 2. The maximum atomic E-state index is 12.5. The topological polar surface area (TPSA) is 62.6 Å². The summed E-state index contributed by atoms with van der Waals surface area (Å²) in [4.78, 5) is 15.7. The highest BCUT2D eigenvalue weighted by atomic mass is 79.9. The Bertz CT molecular complexity index is 828. The van der Waals surface area contributed by atoms with Crippen molar-refractivity contribution in [2.45, 2.75) is 19.9 Å². The first-order chi connectivity index (χ1) is 12.1. The van der Waals surface area contributed by atoms with Crippen LogP contribution in [0.5, 0.6) is 11.5 Å². The van der Waals surface area contributed by atoms with E-state index >= 15 is 0 Å². The maximum Gasteiger partial charge on any atom is 0.260 e. The van der Waals surface area contributed by atoms with Crippen molar-refractivity contribution in [3.8, 4) is 17.6 Å². The molecular weight excluding hydrogens is 404 g/mol. The second kappa shape index (κ2) is 7.89. The molecule has 2 aromatic rings. The molecule has 1 aromatic heterocycles. The molecular formula is C18H17BrN2O3S. The quantitative estimate of drug-likeness (QED) is 0.738. The number of hydrogen-bond donors (Lipinski definition) is 0. The first-order valence-corrected chi connectivity index (χ1v) is 9.62. The van der Waals surface area contributed by atoms with Crippen LogP contribution in [-0.4, -0.2) is 30.6 Å². The van der Waals surface area contributed by atoms with E-state index in [-0.39, 0.29) is 12.5 Å². The van der Waals surface area contributed by atoms with Crippen molar-refractivity contribution in [3.63, 3.8) is 0 Å². The fourth-order valence-electron chi connectivity index (χ4n) is 2.72. The molecule has 1 aliphatic heterocycles. The monoisotopic (exact) mass is 420 g/mol. The van der Waals surface area contributed by atoms with Crippen LogP contribution < -0.4 is 9.47 Å². The molecule has 0 atom stereocenters. The van der Waals surface area contributed by atoms with Crippen LogP contribution in [0.3, 0.4) is 0 Å². The third-order valence-corrected chi connectivity index (χ3v) is 5.55. The second-order valence-corrected chi connectivity index (χ2v) is 7.41. The molecule has 5 nitrogen and oxygen atoms in total. The molecule has 2 heterocycles. The molecule has 0 aliphatic carbocycles. The normalized spacial score (nSPS) is 13.1. The number of rotatable bonds is 5. The highest BCUT2D eigenvalue weighted by Gasteiger charge is 2.22. The van der Waals surface area contributed by atoms with Gasteiger partial charge in [0.2, 0.25) is 0 Å². The molecule has 130 valence electrons. The zero-order valence-electron chi connectivity index (χ0n) is 13.8. The fraction of sp³-hybridized carbons (Fsp3) is 0.333. The Morgan fingerprint density at radius 1 is 1.44 bits per heavy atom.